The van der Waals surface area contributed by atoms with Crippen LogP contribution in [0.1, 0.15) is 29.6 Å². The lowest BCUT2D eigenvalue weighted by atomic mass is 10.0. The molecule has 1 aliphatic carbocycles. The number of halogens is 1. The molecule has 2 aromatic rings. The normalized spacial score (nSPS) is 27.4. The Kier molecular flexibility index (Phi) is 4.65. The molecule has 4 nitrogen and oxygen atoms in total. The Hall–Kier alpha value is -2.24. The van der Waals surface area contributed by atoms with Gasteiger partial charge in [0.05, 0.1) is 12.7 Å². The van der Waals surface area contributed by atoms with E-state index in [1.807, 2.05) is 12.1 Å². The van der Waals surface area contributed by atoms with Gasteiger partial charge < -0.3 is 10.1 Å². The summed E-state index contributed by atoms with van der Waals surface area (Å²) in [4.78, 5) is 15.3. The molecule has 28 heavy (non-hydrogen) atoms. The van der Waals surface area contributed by atoms with Crippen LogP contribution in [0.3, 0.4) is 0 Å². The number of carbonyl (C=O) groups is 1. The topological polar surface area (TPSA) is 41.6 Å². The zero-order chi connectivity index (χ0) is 19.1. The second-order valence-electron chi connectivity index (χ2n) is 8.28. The van der Waals surface area contributed by atoms with E-state index in [9.17, 15) is 9.18 Å². The molecule has 0 radical (unpaired) electrons. The second kappa shape index (κ2) is 7.30. The van der Waals surface area contributed by atoms with E-state index in [0.29, 0.717) is 23.3 Å². The first-order chi connectivity index (χ1) is 13.7. The molecule has 3 atom stereocenters. The molecular formula is C23H25FN2O2. The van der Waals surface area contributed by atoms with E-state index in [1.54, 1.807) is 30.3 Å². The van der Waals surface area contributed by atoms with E-state index in [2.05, 4.69) is 10.2 Å². The first kappa shape index (κ1) is 17.8. The fourth-order valence-corrected chi connectivity index (χ4v) is 4.55. The average Bonchev–Trinajstić information content (AvgIpc) is 3.48. The van der Waals surface area contributed by atoms with Crippen LogP contribution in [0.15, 0.2) is 48.5 Å². The number of ether oxygens (including phenoxy) is 1. The molecule has 2 saturated heterocycles. The van der Waals surface area contributed by atoms with Crippen molar-refractivity contribution in [3.05, 3.63) is 59.9 Å². The molecule has 146 valence electrons. The molecule has 5 rings (SSSR count). The first-order valence-corrected chi connectivity index (χ1v) is 10.2. The Morgan fingerprint density at radius 3 is 2.79 bits per heavy atom. The smallest absolute Gasteiger partial charge is 0.251 e. The number of amides is 1. The van der Waals surface area contributed by atoms with E-state index in [-0.39, 0.29) is 17.8 Å². The highest BCUT2D eigenvalue weighted by Crippen LogP contribution is 2.38. The molecule has 0 unspecified atom stereocenters. The van der Waals surface area contributed by atoms with Crippen LogP contribution in [0.4, 0.5) is 4.39 Å². The number of morpholine rings is 1. The predicted octanol–water partition coefficient (Wildman–Crippen LogP) is 3.47. The number of hydrogen-bond acceptors (Lipinski definition) is 3. The fraction of sp³-hybridized carbons (Fsp3) is 0.435. The molecule has 3 fully saturated rings. The van der Waals surface area contributed by atoms with Crippen LogP contribution >= 0.6 is 0 Å². The molecule has 2 heterocycles. The van der Waals surface area contributed by atoms with E-state index in [4.69, 9.17) is 4.74 Å². The summed E-state index contributed by atoms with van der Waals surface area (Å²) in [5.74, 6) is 0.372. The highest BCUT2D eigenvalue weighted by atomic mass is 19.1. The van der Waals surface area contributed by atoms with Gasteiger partial charge in [-0.25, -0.2) is 4.39 Å². The van der Waals surface area contributed by atoms with Crippen LogP contribution < -0.4 is 5.32 Å². The third-order valence-electron chi connectivity index (χ3n) is 6.24. The van der Waals surface area contributed by atoms with Crippen molar-refractivity contribution < 1.29 is 13.9 Å². The van der Waals surface area contributed by atoms with E-state index >= 15 is 0 Å². The van der Waals surface area contributed by atoms with Crippen LogP contribution in [-0.2, 0) is 4.74 Å². The van der Waals surface area contributed by atoms with Crippen molar-refractivity contribution in [1.82, 2.24) is 10.2 Å². The lowest BCUT2D eigenvalue weighted by Gasteiger charge is -2.35. The molecule has 1 N–H and O–H groups in total. The Morgan fingerprint density at radius 2 is 1.96 bits per heavy atom. The van der Waals surface area contributed by atoms with Gasteiger partial charge in [-0.2, -0.15) is 0 Å². The molecule has 1 saturated carbocycles. The maximum atomic E-state index is 14.1. The van der Waals surface area contributed by atoms with Gasteiger partial charge in [0.2, 0.25) is 0 Å². The summed E-state index contributed by atoms with van der Waals surface area (Å²) in [6.07, 6.45) is 3.89. The van der Waals surface area contributed by atoms with Crippen molar-refractivity contribution in [3.63, 3.8) is 0 Å². The summed E-state index contributed by atoms with van der Waals surface area (Å²) in [6, 6.07) is 14.4. The van der Waals surface area contributed by atoms with E-state index < -0.39 is 0 Å². The van der Waals surface area contributed by atoms with Crippen molar-refractivity contribution in [3.8, 4) is 11.1 Å². The van der Waals surface area contributed by atoms with Crippen LogP contribution in [0.25, 0.3) is 11.1 Å². The zero-order valence-corrected chi connectivity index (χ0v) is 15.8. The molecule has 0 aromatic heterocycles. The van der Waals surface area contributed by atoms with Crippen LogP contribution in [-0.4, -0.2) is 48.7 Å². The Labute approximate surface area is 164 Å². The van der Waals surface area contributed by atoms with Gasteiger partial charge in [0.15, 0.2) is 0 Å². The van der Waals surface area contributed by atoms with E-state index in [0.717, 1.165) is 37.6 Å². The molecule has 2 aliphatic heterocycles. The van der Waals surface area contributed by atoms with Crippen LogP contribution in [0, 0.1) is 11.7 Å². The van der Waals surface area contributed by atoms with Gasteiger partial charge in [0.1, 0.15) is 5.82 Å². The quantitative estimate of drug-likeness (QED) is 0.883. The third-order valence-corrected chi connectivity index (χ3v) is 6.24. The Balaban J connectivity index is 1.25. The van der Waals surface area contributed by atoms with Gasteiger partial charge >= 0.3 is 0 Å². The summed E-state index contributed by atoms with van der Waals surface area (Å²) >= 11 is 0. The molecule has 1 amide bonds. The minimum absolute atomic E-state index is 0.0947. The van der Waals surface area contributed by atoms with Crippen LogP contribution in [0.2, 0.25) is 0 Å². The number of fused-ring (bicyclic) bond motifs is 1. The molecule has 5 heteroatoms. The Bertz CT molecular complexity index is 882. The predicted molar refractivity (Wildman–Crippen MR) is 106 cm³/mol. The summed E-state index contributed by atoms with van der Waals surface area (Å²) < 4.78 is 20.1. The minimum Gasteiger partial charge on any atom is -0.375 e. The molecule has 2 aromatic carbocycles. The number of carbonyl (C=O) groups excluding carboxylic acids is 1. The second-order valence-corrected chi connectivity index (χ2v) is 8.28. The van der Waals surface area contributed by atoms with Gasteiger partial charge in [-0.3, -0.25) is 9.69 Å². The maximum Gasteiger partial charge on any atom is 0.251 e. The number of nitrogens with zero attached hydrogens (tertiary/aromatic N) is 1. The van der Waals surface area contributed by atoms with Crippen molar-refractivity contribution in [1.29, 1.82) is 0 Å². The summed E-state index contributed by atoms with van der Waals surface area (Å²) in [7, 11) is 0. The van der Waals surface area contributed by atoms with Crippen molar-refractivity contribution >= 4 is 5.91 Å². The van der Waals surface area contributed by atoms with Gasteiger partial charge in [0.25, 0.3) is 5.91 Å². The highest BCUT2D eigenvalue weighted by molar-refractivity contribution is 5.95. The largest absolute Gasteiger partial charge is 0.375 e. The van der Waals surface area contributed by atoms with Gasteiger partial charge in [-0.15, -0.1) is 0 Å². The zero-order valence-electron chi connectivity index (χ0n) is 15.8. The first-order valence-electron chi connectivity index (χ1n) is 10.2. The van der Waals surface area contributed by atoms with Crippen molar-refractivity contribution in [2.75, 3.05) is 19.7 Å². The summed E-state index contributed by atoms with van der Waals surface area (Å²) in [6.45, 7) is 2.65. The Morgan fingerprint density at radius 1 is 1.11 bits per heavy atom. The van der Waals surface area contributed by atoms with Gasteiger partial charge in [-0.1, -0.05) is 30.3 Å². The van der Waals surface area contributed by atoms with Crippen LogP contribution in [0.5, 0.6) is 0 Å². The molecule has 3 aliphatic rings. The van der Waals surface area contributed by atoms with Gasteiger partial charge in [0, 0.05) is 36.3 Å². The lowest BCUT2D eigenvalue weighted by Crippen LogP contribution is -2.47. The average molecular weight is 380 g/mol. The maximum absolute atomic E-state index is 14.1. The number of benzene rings is 2. The summed E-state index contributed by atoms with van der Waals surface area (Å²) in [5.41, 5.74) is 1.80. The molecule has 0 spiro atoms. The summed E-state index contributed by atoms with van der Waals surface area (Å²) in [5, 5.41) is 3.17. The lowest BCUT2D eigenvalue weighted by molar-refractivity contribution is -0.0581. The van der Waals surface area contributed by atoms with E-state index in [1.165, 1.54) is 18.9 Å². The monoisotopic (exact) mass is 380 g/mol. The third kappa shape index (κ3) is 3.56. The highest BCUT2D eigenvalue weighted by Gasteiger charge is 2.42. The fourth-order valence-electron chi connectivity index (χ4n) is 4.55. The van der Waals surface area contributed by atoms with Crippen molar-refractivity contribution in [2.24, 2.45) is 5.92 Å². The van der Waals surface area contributed by atoms with Crippen molar-refractivity contribution in [2.45, 2.75) is 37.5 Å². The molecular weight excluding hydrogens is 355 g/mol. The standard InChI is InChI=1S/C23H25FN2O2/c24-21-7-2-1-6-20(21)16-4-3-5-17(10-16)23(27)25-18-11-19-14-28-22(15-8-9-15)13-26(19)12-18/h1-7,10,15,18-19,22H,8-9,11-14H2,(H,25,27)/t18-,19-,22-/m0/s1. The number of rotatable bonds is 4. The SMILES string of the molecule is O=C(N[C@H]1C[C@H]2CO[C@H](C3CC3)CN2C1)c1cccc(-c2ccccc2F)c1. The number of hydrogen-bond donors (Lipinski definition) is 1. The number of nitrogens with one attached hydrogen (secondary N) is 1. The van der Waals surface area contributed by atoms with Gasteiger partial charge in [-0.05, 0) is 48.9 Å². The minimum atomic E-state index is -0.280. The molecule has 0 bridgehead atoms.